The van der Waals surface area contributed by atoms with E-state index in [9.17, 15) is 9.59 Å². The van der Waals surface area contributed by atoms with Gasteiger partial charge in [0.15, 0.2) is 0 Å². The number of rotatable bonds is 4. The molecule has 0 aliphatic heterocycles. The van der Waals surface area contributed by atoms with Crippen molar-refractivity contribution < 1.29 is 9.59 Å². The Bertz CT molecular complexity index is 603. The van der Waals surface area contributed by atoms with Gasteiger partial charge in [0.25, 0.3) is 5.91 Å². The van der Waals surface area contributed by atoms with Gasteiger partial charge in [-0.05, 0) is 35.9 Å². The van der Waals surface area contributed by atoms with Gasteiger partial charge in [-0.15, -0.1) is 0 Å². The lowest BCUT2D eigenvalue weighted by Gasteiger charge is -2.08. The Morgan fingerprint density at radius 3 is 2.37 bits per heavy atom. The van der Waals surface area contributed by atoms with Gasteiger partial charge in [-0.25, -0.2) is 0 Å². The SMILES string of the molecule is O=CC=Cc1ccccc1NC(=O)c1ccccc1. The highest BCUT2D eigenvalue weighted by atomic mass is 16.1. The van der Waals surface area contributed by atoms with E-state index in [1.807, 2.05) is 36.4 Å². The molecule has 0 saturated heterocycles. The van der Waals surface area contributed by atoms with Gasteiger partial charge in [-0.3, -0.25) is 9.59 Å². The molecule has 1 amide bonds. The summed E-state index contributed by atoms with van der Waals surface area (Å²) < 4.78 is 0. The fourth-order valence-corrected chi connectivity index (χ4v) is 1.68. The zero-order valence-corrected chi connectivity index (χ0v) is 10.2. The quantitative estimate of drug-likeness (QED) is 0.670. The fourth-order valence-electron chi connectivity index (χ4n) is 1.68. The van der Waals surface area contributed by atoms with Crippen molar-refractivity contribution in [1.82, 2.24) is 0 Å². The Labute approximate surface area is 111 Å². The summed E-state index contributed by atoms with van der Waals surface area (Å²) in [7, 11) is 0. The van der Waals surface area contributed by atoms with Crippen LogP contribution in [0.25, 0.3) is 6.08 Å². The normalized spacial score (nSPS) is 10.3. The summed E-state index contributed by atoms with van der Waals surface area (Å²) in [5.74, 6) is -0.174. The molecule has 0 unspecified atom stereocenters. The van der Waals surface area contributed by atoms with E-state index in [0.29, 0.717) is 17.5 Å². The zero-order chi connectivity index (χ0) is 13.5. The Hall–Kier alpha value is -2.68. The molecule has 0 atom stereocenters. The van der Waals surface area contributed by atoms with Gasteiger partial charge in [0.05, 0.1) is 0 Å². The van der Waals surface area contributed by atoms with E-state index in [0.717, 1.165) is 5.56 Å². The highest BCUT2D eigenvalue weighted by Crippen LogP contribution is 2.17. The molecule has 2 aromatic carbocycles. The molecule has 0 heterocycles. The predicted octanol–water partition coefficient (Wildman–Crippen LogP) is 3.15. The molecule has 2 rings (SSSR count). The first kappa shape index (κ1) is 12.8. The molecule has 19 heavy (non-hydrogen) atoms. The first-order chi connectivity index (χ1) is 9.31. The summed E-state index contributed by atoms with van der Waals surface area (Å²) in [6.07, 6.45) is 3.76. The second-order valence-electron chi connectivity index (χ2n) is 3.90. The van der Waals surface area contributed by atoms with Crippen LogP contribution in [0, 0.1) is 0 Å². The maximum absolute atomic E-state index is 12.0. The van der Waals surface area contributed by atoms with Gasteiger partial charge in [-0.2, -0.15) is 0 Å². The van der Waals surface area contributed by atoms with Crippen LogP contribution < -0.4 is 5.32 Å². The minimum atomic E-state index is -0.174. The van der Waals surface area contributed by atoms with Gasteiger partial charge >= 0.3 is 0 Å². The average Bonchev–Trinajstić information content (AvgIpc) is 2.47. The lowest BCUT2D eigenvalue weighted by Crippen LogP contribution is -2.12. The summed E-state index contributed by atoms with van der Waals surface area (Å²) >= 11 is 0. The van der Waals surface area contributed by atoms with Gasteiger partial charge in [-0.1, -0.05) is 36.4 Å². The van der Waals surface area contributed by atoms with Crippen LogP contribution in [-0.2, 0) is 4.79 Å². The van der Waals surface area contributed by atoms with E-state index in [-0.39, 0.29) is 5.91 Å². The number of hydrogen-bond donors (Lipinski definition) is 1. The highest BCUT2D eigenvalue weighted by molar-refractivity contribution is 6.05. The smallest absolute Gasteiger partial charge is 0.255 e. The zero-order valence-electron chi connectivity index (χ0n) is 10.2. The summed E-state index contributed by atoms with van der Waals surface area (Å²) in [6, 6.07) is 16.3. The van der Waals surface area contributed by atoms with Gasteiger partial charge < -0.3 is 5.32 Å². The maximum atomic E-state index is 12.0. The number of hydrogen-bond acceptors (Lipinski definition) is 2. The summed E-state index contributed by atoms with van der Waals surface area (Å²) in [6.45, 7) is 0. The lowest BCUT2D eigenvalue weighted by molar-refractivity contribution is -0.104. The van der Waals surface area contributed by atoms with Gasteiger partial charge in [0.2, 0.25) is 0 Å². The first-order valence-corrected chi connectivity index (χ1v) is 5.88. The molecule has 0 aliphatic carbocycles. The van der Waals surface area contributed by atoms with Crippen molar-refractivity contribution >= 4 is 24.0 Å². The molecule has 3 heteroatoms. The number of carbonyl (C=O) groups excluding carboxylic acids is 2. The van der Waals surface area contributed by atoms with E-state index in [1.54, 1.807) is 24.3 Å². The highest BCUT2D eigenvalue weighted by Gasteiger charge is 2.06. The van der Waals surface area contributed by atoms with Crippen molar-refractivity contribution in [3.8, 4) is 0 Å². The molecule has 3 nitrogen and oxygen atoms in total. The number of para-hydroxylation sites is 1. The molecule has 0 fully saturated rings. The van der Waals surface area contributed by atoms with E-state index in [1.165, 1.54) is 6.08 Å². The van der Waals surface area contributed by atoms with Crippen molar-refractivity contribution in [3.05, 3.63) is 71.8 Å². The molecule has 0 radical (unpaired) electrons. The molecule has 0 saturated carbocycles. The third-order valence-electron chi connectivity index (χ3n) is 2.60. The number of anilines is 1. The maximum Gasteiger partial charge on any atom is 0.255 e. The average molecular weight is 251 g/mol. The number of allylic oxidation sites excluding steroid dienone is 1. The van der Waals surface area contributed by atoms with Crippen LogP contribution in [0.4, 0.5) is 5.69 Å². The van der Waals surface area contributed by atoms with E-state index in [4.69, 9.17) is 0 Å². The molecule has 0 aliphatic rings. The second kappa shape index (κ2) is 6.31. The third kappa shape index (κ3) is 3.39. The molecule has 94 valence electrons. The van der Waals surface area contributed by atoms with Crippen molar-refractivity contribution in [1.29, 1.82) is 0 Å². The second-order valence-corrected chi connectivity index (χ2v) is 3.90. The monoisotopic (exact) mass is 251 g/mol. The summed E-state index contributed by atoms with van der Waals surface area (Å²) in [4.78, 5) is 22.4. The van der Waals surface area contributed by atoms with Crippen LogP contribution in [0.3, 0.4) is 0 Å². The number of benzene rings is 2. The topological polar surface area (TPSA) is 46.2 Å². The molecule has 1 N–H and O–H groups in total. The molecule has 0 spiro atoms. The summed E-state index contributed by atoms with van der Waals surface area (Å²) in [5, 5.41) is 2.83. The van der Waals surface area contributed by atoms with E-state index in [2.05, 4.69) is 5.32 Å². The number of aldehydes is 1. The van der Waals surface area contributed by atoms with Crippen LogP contribution in [0.15, 0.2) is 60.7 Å². The first-order valence-electron chi connectivity index (χ1n) is 5.88. The molecule has 0 bridgehead atoms. The predicted molar refractivity (Wildman–Crippen MR) is 75.9 cm³/mol. The minimum absolute atomic E-state index is 0.174. The Morgan fingerprint density at radius 2 is 1.63 bits per heavy atom. The van der Waals surface area contributed by atoms with Crippen molar-refractivity contribution in [2.45, 2.75) is 0 Å². The van der Waals surface area contributed by atoms with Crippen molar-refractivity contribution in [3.63, 3.8) is 0 Å². The van der Waals surface area contributed by atoms with Crippen LogP contribution >= 0.6 is 0 Å². The van der Waals surface area contributed by atoms with Gasteiger partial charge in [0.1, 0.15) is 6.29 Å². The molecular formula is C16H13NO2. The summed E-state index contributed by atoms with van der Waals surface area (Å²) in [5.41, 5.74) is 2.06. The molecule has 0 aromatic heterocycles. The third-order valence-corrected chi connectivity index (χ3v) is 2.60. The number of amides is 1. The molecular weight excluding hydrogens is 238 g/mol. The minimum Gasteiger partial charge on any atom is -0.321 e. The van der Waals surface area contributed by atoms with Crippen LogP contribution in [0.5, 0.6) is 0 Å². The molecule has 2 aromatic rings. The fraction of sp³-hybridized carbons (Fsp3) is 0. The standard InChI is InChI=1S/C16H13NO2/c18-12-6-10-13-7-4-5-11-15(13)17-16(19)14-8-2-1-3-9-14/h1-12H,(H,17,19). The van der Waals surface area contributed by atoms with Crippen molar-refractivity contribution in [2.24, 2.45) is 0 Å². The number of nitrogens with one attached hydrogen (secondary N) is 1. The van der Waals surface area contributed by atoms with E-state index >= 15 is 0 Å². The van der Waals surface area contributed by atoms with Crippen LogP contribution in [0.1, 0.15) is 15.9 Å². The Balaban J connectivity index is 2.22. The Kier molecular flexibility index (Phi) is 4.24. The lowest BCUT2D eigenvalue weighted by atomic mass is 10.1. The van der Waals surface area contributed by atoms with Crippen molar-refractivity contribution in [2.75, 3.05) is 5.32 Å². The number of carbonyl (C=O) groups is 2. The Morgan fingerprint density at radius 1 is 0.947 bits per heavy atom. The van der Waals surface area contributed by atoms with Gasteiger partial charge in [0, 0.05) is 11.3 Å². The van der Waals surface area contributed by atoms with Crippen LogP contribution in [-0.4, -0.2) is 12.2 Å². The largest absolute Gasteiger partial charge is 0.321 e. The van der Waals surface area contributed by atoms with E-state index < -0.39 is 0 Å². The van der Waals surface area contributed by atoms with Crippen LogP contribution in [0.2, 0.25) is 0 Å².